The molecule has 0 saturated carbocycles. The van der Waals surface area contributed by atoms with E-state index in [0.717, 1.165) is 6.42 Å². The van der Waals surface area contributed by atoms with E-state index in [0.29, 0.717) is 24.3 Å². The molecule has 1 aromatic carbocycles. The van der Waals surface area contributed by atoms with Crippen LogP contribution in [0.3, 0.4) is 0 Å². The minimum Gasteiger partial charge on any atom is -0.385 e. The van der Waals surface area contributed by atoms with Gasteiger partial charge in [0.15, 0.2) is 0 Å². The van der Waals surface area contributed by atoms with Gasteiger partial charge in [0.2, 0.25) is 0 Å². The number of hydrogen-bond donors (Lipinski definition) is 1. The number of halogens is 1. The van der Waals surface area contributed by atoms with Crippen molar-refractivity contribution in [1.29, 1.82) is 0 Å². The van der Waals surface area contributed by atoms with E-state index in [1.807, 2.05) is 0 Å². The summed E-state index contributed by atoms with van der Waals surface area (Å²) in [6.45, 7) is 2.81. The SMILES string of the molecule is COCCCNC(=O)c1ccc(F)c(C)c1. The summed E-state index contributed by atoms with van der Waals surface area (Å²) in [5.74, 6) is -0.477. The van der Waals surface area contributed by atoms with Crippen LogP contribution < -0.4 is 5.32 Å². The Labute approximate surface area is 94.6 Å². The van der Waals surface area contributed by atoms with Crippen LogP contribution >= 0.6 is 0 Å². The first-order valence-corrected chi connectivity index (χ1v) is 5.18. The molecule has 0 unspecified atom stereocenters. The third-order valence-corrected chi connectivity index (χ3v) is 2.23. The van der Waals surface area contributed by atoms with Crippen LogP contribution in [0.2, 0.25) is 0 Å². The lowest BCUT2D eigenvalue weighted by Crippen LogP contribution is -2.25. The van der Waals surface area contributed by atoms with Crippen molar-refractivity contribution in [2.45, 2.75) is 13.3 Å². The van der Waals surface area contributed by atoms with Gasteiger partial charge < -0.3 is 10.1 Å². The molecule has 0 spiro atoms. The fourth-order valence-corrected chi connectivity index (χ4v) is 1.31. The van der Waals surface area contributed by atoms with Crippen LogP contribution in [0.5, 0.6) is 0 Å². The smallest absolute Gasteiger partial charge is 0.251 e. The first-order chi connectivity index (χ1) is 7.65. The summed E-state index contributed by atoms with van der Waals surface area (Å²) in [5, 5.41) is 2.74. The largest absolute Gasteiger partial charge is 0.385 e. The van der Waals surface area contributed by atoms with Crippen molar-refractivity contribution in [3.63, 3.8) is 0 Å². The van der Waals surface area contributed by atoms with E-state index in [4.69, 9.17) is 4.74 Å². The number of hydrogen-bond acceptors (Lipinski definition) is 2. The molecule has 1 amide bonds. The van der Waals surface area contributed by atoms with Gasteiger partial charge in [0.1, 0.15) is 5.82 Å². The number of nitrogens with one attached hydrogen (secondary N) is 1. The number of carbonyl (C=O) groups is 1. The number of rotatable bonds is 5. The highest BCUT2D eigenvalue weighted by atomic mass is 19.1. The van der Waals surface area contributed by atoms with Gasteiger partial charge in [-0.1, -0.05) is 0 Å². The van der Waals surface area contributed by atoms with Crippen molar-refractivity contribution in [2.24, 2.45) is 0 Å². The van der Waals surface area contributed by atoms with E-state index in [1.54, 1.807) is 20.1 Å². The van der Waals surface area contributed by atoms with E-state index < -0.39 is 0 Å². The Morgan fingerprint density at radius 2 is 2.25 bits per heavy atom. The minimum absolute atomic E-state index is 0.181. The third-order valence-electron chi connectivity index (χ3n) is 2.23. The summed E-state index contributed by atoms with van der Waals surface area (Å²) in [7, 11) is 1.62. The average molecular weight is 225 g/mol. The minimum atomic E-state index is -0.295. The molecule has 3 nitrogen and oxygen atoms in total. The summed E-state index contributed by atoms with van der Waals surface area (Å²) < 4.78 is 17.8. The van der Waals surface area contributed by atoms with Crippen LogP contribution in [0.4, 0.5) is 4.39 Å². The number of carbonyl (C=O) groups excluding carboxylic acids is 1. The highest BCUT2D eigenvalue weighted by Crippen LogP contribution is 2.08. The van der Waals surface area contributed by atoms with Crippen molar-refractivity contribution in [1.82, 2.24) is 5.32 Å². The van der Waals surface area contributed by atoms with E-state index in [9.17, 15) is 9.18 Å². The molecule has 0 atom stereocenters. The Morgan fingerprint density at radius 3 is 2.88 bits per heavy atom. The van der Waals surface area contributed by atoms with E-state index in [2.05, 4.69) is 5.32 Å². The molecule has 0 saturated heterocycles. The molecule has 0 aliphatic carbocycles. The predicted octanol–water partition coefficient (Wildman–Crippen LogP) is 1.90. The zero-order chi connectivity index (χ0) is 12.0. The van der Waals surface area contributed by atoms with E-state index in [1.165, 1.54) is 12.1 Å². The number of aryl methyl sites for hydroxylation is 1. The first kappa shape index (κ1) is 12.6. The maximum absolute atomic E-state index is 13.0. The van der Waals surface area contributed by atoms with Crippen LogP contribution in [0.25, 0.3) is 0 Å². The quantitative estimate of drug-likeness (QED) is 0.777. The van der Waals surface area contributed by atoms with Crippen LogP contribution in [0.1, 0.15) is 22.3 Å². The molecule has 0 bridgehead atoms. The van der Waals surface area contributed by atoms with E-state index in [-0.39, 0.29) is 11.7 Å². The molecule has 16 heavy (non-hydrogen) atoms. The molecule has 0 radical (unpaired) electrons. The molecule has 0 fully saturated rings. The number of benzene rings is 1. The van der Waals surface area contributed by atoms with Gasteiger partial charge in [-0.15, -0.1) is 0 Å². The van der Waals surface area contributed by atoms with Gasteiger partial charge in [-0.2, -0.15) is 0 Å². The van der Waals surface area contributed by atoms with Gasteiger partial charge in [-0.3, -0.25) is 4.79 Å². The van der Waals surface area contributed by atoms with Crippen molar-refractivity contribution in [3.05, 3.63) is 35.1 Å². The standard InChI is InChI=1S/C12H16FNO2/c1-9-8-10(4-5-11(9)13)12(15)14-6-3-7-16-2/h4-5,8H,3,6-7H2,1-2H3,(H,14,15). The van der Waals surface area contributed by atoms with Gasteiger partial charge in [-0.25, -0.2) is 4.39 Å². The van der Waals surface area contributed by atoms with Crippen LogP contribution in [-0.4, -0.2) is 26.2 Å². The lowest BCUT2D eigenvalue weighted by atomic mass is 10.1. The highest BCUT2D eigenvalue weighted by Gasteiger charge is 2.06. The second-order valence-corrected chi connectivity index (χ2v) is 3.57. The maximum Gasteiger partial charge on any atom is 0.251 e. The molecule has 0 aliphatic rings. The Morgan fingerprint density at radius 1 is 1.50 bits per heavy atom. The van der Waals surface area contributed by atoms with Gasteiger partial charge in [0, 0.05) is 25.8 Å². The molecule has 0 aromatic heterocycles. The van der Waals surface area contributed by atoms with Crippen LogP contribution in [-0.2, 0) is 4.74 Å². The predicted molar refractivity (Wildman–Crippen MR) is 60.0 cm³/mol. The zero-order valence-electron chi connectivity index (χ0n) is 9.55. The average Bonchev–Trinajstić information content (AvgIpc) is 2.28. The zero-order valence-corrected chi connectivity index (χ0v) is 9.55. The Bertz CT molecular complexity index is 366. The molecule has 1 rings (SSSR count). The summed E-state index contributed by atoms with van der Waals surface area (Å²) >= 11 is 0. The second-order valence-electron chi connectivity index (χ2n) is 3.57. The topological polar surface area (TPSA) is 38.3 Å². The van der Waals surface area contributed by atoms with Crippen LogP contribution in [0.15, 0.2) is 18.2 Å². The Hall–Kier alpha value is -1.42. The number of ether oxygens (including phenoxy) is 1. The molecular weight excluding hydrogens is 209 g/mol. The van der Waals surface area contributed by atoms with Crippen molar-refractivity contribution in [2.75, 3.05) is 20.3 Å². The van der Waals surface area contributed by atoms with E-state index >= 15 is 0 Å². The summed E-state index contributed by atoms with van der Waals surface area (Å²) in [6, 6.07) is 4.33. The lowest BCUT2D eigenvalue weighted by molar-refractivity contribution is 0.0948. The monoisotopic (exact) mass is 225 g/mol. The second kappa shape index (κ2) is 6.23. The van der Waals surface area contributed by atoms with Crippen molar-refractivity contribution in [3.8, 4) is 0 Å². The molecular formula is C12H16FNO2. The number of amides is 1. The fourth-order valence-electron chi connectivity index (χ4n) is 1.31. The van der Waals surface area contributed by atoms with Gasteiger partial charge in [0.05, 0.1) is 0 Å². The van der Waals surface area contributed by atoms with Gasteiger partial charge in [0.25, 0.3) is 5.91 Å². The maximum atomic E-state index is 13.0. The molecule has 1 aromatic rings. The van der Waals surface area contributed by atoms with Crippen molar-refractivity contribution >= 4 is 5.91 Å². The summed E-state index contributed by atoms with van der Waals surface area (Å²) in [5.41, 5.74) is 0.959. The van der Waals surface area contributed by atoms with Gasteiger partial charge >= 0.3 is 0 Å². The first-order valence-electron chi connectivity index (χ1n) is 5.18. The molecule has 4 heteroatoms. The van der Waals surface area contributed by atoms with Gasteiger partial charge in [-0.05, 0) is 37.1 Å². The molecule has 88 valence electrons. The molecule has 1 N–H and O–H groups in total. The molecule has 0 aliphatic heterocycles. The Balaban J connectivity index is 2.50. The molecule has 0 heterocycles. The lowest BCUT2D eigenvalue weighted by Gasteiger charge is -2.05. The third kappa shape index (κ3) is 3.62. The summed E-state index contributed by atoms with van der Waals surface area (Å²) in [4.78, 5) is 11.6. The summed E-state index contributed by atoms with van der Waals surface area (Å²) in [6.07, 6.45) is 0.766. The van der Waals surface area contributed by atoms with Crippen LogP contribution in [0, 0.1) is 12.7 Å². The highest BCUT2D eigenvalue weighted by molar-refractivity contribution is 5.94. The fraction of sp³-hybridized carbons (Fsp3) is 0.417. The Kier molecular flexibility index (Phi) is 4.92. The van der Waals surface area contributed by atoms with Crippen molar-refractivity contribution < 1.29 is 13.9 Å². The normalized spacial score (nSPS) is 10.2. The number of methoxy groups -OCH3 is 1.